The van der Waals surface area contributed by atoms with E-state index in [9.17, 15) is 4.79 Å². The van der Waals surface area contributed by atoms with Crippen molar-refractivity contribution in [1.29, 1.82) is 0 Å². The van der Waals surface area contributed by atoms with E-state index < -0.39 is 0 Å². The Hall–Kier alpha value is -0.690. The summed E-state index contributed by atoms with van der Waals surface area (Å²) in [6.45, 7) is 14.7. The summed E-state index contributed by atoms with van der Waals surface area (Å²) >= 11 is 0. The number of amides is 1. The molecule has 1 amide bonds. The van der Waals surface area contributed by atoms with E-state index in [0.717, 1.165) is 26.2 Å². The minimum absolute atomic E-state index is 0.168. The second-order valence-corrected chi connectivity index (χ2v) is 6.25. The van der Waals surface area contributed by atoms with Crippen LogP contribution in [0.15, 0.2) is 0 Å². The third kappa shape index (κ3) is 8.68. The van der Waals surface area contributed by atoms with Crippen molar-refractivity contribution < 1.29 is 14.3 Å². The number of carbonyl (C=O) groups is 1. The number of carbonyl (C=O) groups excluding carboxylic acids is 1. The van der Waals surface area contributed by atoms with E-state index in [2.05, 4.69) is 10.2 Å². The number of nitrogens with one attached hydrogen (secondary N) is 1. The van der Waals surface area contributed by atoms with Crippen LogP contribution in [0.2, 0.25) is 0 Å². The van der Waals surface area contributed by atoms with E-state index in [0.29, 0.717) is 32.8 Å². The molecule has 1 fully saturated rings. The molecular formula is C16H33N3O3. The molecular weight excluding hydrogens is 282 g/mol. The smallest absolute Gasteiger partial charge is 0.236 e. The normalized spacial score (nSPS) is 16.5. The minimum Gasteiger partial charge on any atom is -0.377 e. The lowest BCUT2D eigenvalue weighted by atomic mass is 10.3. The first-order chi connectivity index (χ1) is 10.5. The fourth-order valence-corrected chi connectivity index (χ4v) is 2.32. The van der Waals surface area contributed by atoms with Crippen LogP contribution in [0.1, 0.15) is 27.7 Å². The summed E-state index contributed by atoms with van der Waals surface area (Å²) in [5.74, 6) is 0.168. The monoisotopic (exact) mass is 315 g/mol. The first-order valence-corrected chi connectivity index (χ1v) is 8.43. The molecule has 1 heterocycles. The first kappa shape index (κ1) is 19.4. The Balaban J connectivity index is 2.40. The van der Waals surface area contributed by atoms with E-state index in [-0.39, 0.29) is 18.1 Å². The Kier molecular flexibility index (Phi) is 9.63. The lowest BCUT2D eigenvalue weighted by molar-refractivity contribution is -0.134. The van der Waals surface area contributed by atoms with E-state index in [1.54, 1.807) is 0 Å². The second-order valence-electron chi connectivity index (χ2n) is 6.25. The topological polar surface area (TPSA) is 54.0 Å². The third-order valence-corrected chi connectivity index (χ3v) is 3.55. The van der Waals surface area contributed by atoms with Crippen molar-refractivity contribution in [2.45, 2.75) is 39.9 Å². The quantitative estimate of drug-likeness (QED) is 0.639. The molecule has 1 N–H and O–H groups in total. The molecule has 0 saturated carbocycles. The van der Waals surface area contributed by atoms with Crippen LogP contribution in [0.3, 0.4) is 0 Å². The molecule has 1 rings (SSSR count). The molecule has 1 saturated heterocycles. The number of hydrogen-bond acceptors (Lipinski definition) is 5. The number of hydrogen-bond donors (Lipinski definition) is 1. The molecule has 0 bridgehead atoms. The first-order valence-electron chi connectivity index (χ1n) is 8.43. The maximum absolute atomic E-state index is 12.5. The average Bonchev–Trinajstić information content (AvgIpc) is 2.46. The third-order valence-electron chi connectivity index (χ3n) is 3.55. The van der Waals surface area contributed by atoms with Crippen LogP contribution >= 0.6 is 0 Å². The van der Waals surface area contributed by atoms with E-state index in [4.69, 9.17) is 9.47 Å². The summed E-state index contributed by atoms with van der Waals surface area (Å²) in [5, 5.41) is 3.30. The summed E-state index contributed by atoms with van der Waals surface area (Å²) in [4.78, 5) is 16.6. The molecule has 0 atom stereocenters. The number of rotatable bonds is 10. The number of piperazine rings is 1. The number of ether oxygens (including phenoxy) is 2. The van der Waals surface area contributed by atoms with Gasteiger partial charge in [-0.2, -0.15) is 0 Å². The lowest BCUT2D eigenvalue weighted by Crippen LogP contribution is -2.49. The van der Waals surface area contributed by atoms with Crippen molar-refractivity contribution in [2.75, 3.05) is 59.0 Å². The maximum Gasteiger partial charge on any atom is 0.236 e. The molecule has 0 aliphatic carbocycles. The molecule has 0 aromatic rings. The molecule has 0 spiro atoms. The highest BCUT2D eigenvalue weighted by Gasteiger charge is 2.19. The highest BCUT2D eigenvalue weighted by molar-refractivity contribution is 5.78. The van der Waals surface area contributed by atoms with Crippen LogP contribution in [0.5, 0.6) is 0 Å². The predicted octanol–water partition coefficient (Wildman–Crippen LogP) is 0.570. The van der Waals surface area contributed by atoms with Gasteiger partial charge in [0.15, 0.2) is 0 Å². The van der Waals surface area contributed by atoms with Gasteiger partial charge in [0.25, 0.3) is 0 Å². The van der Waals surface area contributed by atoms with Gasteiger partial charge in [0.2, 0.25) is 5.91 Å². The van der Waals surface area contributed by atoms with Gasteiger partial charge in [-0.3, -0.25) is 9.69 Å². The van der Waals surface area contributed by atoms with E-state index >= 15 is 0 Å². The van der Waals surface area contributed by atoms with Crippen LogP contribution in [-0.2, 0) is 14.3 Å². The van der Waals surface area contributed by atoms with Crippen molar-refractivity contribution in [3.05, 3.63) is 0 Å². The molecule has 0 aromatic heterocycles. The van der Waals surface area contributed by atoms with Crippen molar-refractivity contribution in [1.82, 2.24) is 15.1 Å². The predicted molar refractivity (Wildman–Crippen MR) is 88.1 cm³/mol. The fourth-order valence-electron chi connectivity index (χ4n) is 2.32. The van der Waals surface area contributed by atoms with Gasteiger partial charge in [-0.15, -0.1) is 0 Å². The molecule has 0 aromatic carbocycles. The summed E-state index contributed by atoms with van der Waals surface area (Å²) in [5.41, 5.74) is 0. The lowest BCUT2D eigenvalue weighted by Gasteiger charge is -2.30. The van der Waals surface area contributed by atoms with E-state index in [1.807, 2.05) is 32.6 Å². The maximum atomic E-state index is 12.5. The molecule has 6 heteroatoms. The van der Waals surface area contributed by atoms with Gasteiger partial charge in [-0.25, -0.2) is 0 Å². The highest BCUT2D eigenvalue weighted by Crippen LogP contribution is 1.99. The van der Waals surface area contributed by atoms with Crippen LogP contribution in [0, 0.1) is 0 Å². The number of nitrogens with zero attached hydrogens (tertiary/aromatic N) is 2. The van der Waals surface area contributed by atoms with Gasteiger partial charge >= 0.3 is 0 Å². The zero-order valence-electron chi connectivity index (χ0n) is 14.6. The Morgan fingerprint density at radius 3 is 2.00 bits per heavy atom. The standard InChI is InChI=1S/C16H33N3O3/c1-14(2)21-11-9-19(10-12-22-15(3)4)16(20)13-18-7-5-17-6-8-18/h14-15,17H,5-13H2,1-4H3. The molecule has 1 aliphatic heterocycles. The van der Waals surface area contributed by atoms with Gasteiger partial charge in [0.1, 0.15) is 0 Å². The van der Waals surface area contributed by atoms with Gasteiger partial charge in [0, 0.05) is 39.3 Å². The minimum atomic E-state index is 0.168. The van der Waals surface area contributed by atoms with Crippen molar-refractivity contribution in [3.63, 3.8) is 0 Å². The van der Waals surface area contributed by atoms with Crippen molar-refractivity contribution >= 4 is 5.91 Å². The average molecular weight is 315 g/mol. The van der Waals surface area contributed by atoms with Crippen molar-refractivity contribution in [3.8, 4) is 0 Å². The summed E-state index contributed by atoms with van der Waals surface area (Å²) in [6.07, 6.45) is 0.383. The van der Waals surface area contributed by atoms with Crippen LogP contribution in [0.4, 0.5) is 0 Å². The van der Waals surface area contributed by atoms with Gasteiger partial charge in [-0.1, -0.05) is 0 Å². The Labute approximate surface area is 135 Å². The second kappa shape index (κ2) is 10.9. The van der Waals surface area contributed by atoms with Crippen LogP contribution in [0.25, 0.3) is 0 Å². The molecule has 1 aliphatic rings. The zero-order chi connectivity index (χ0) is 16.4. The van der Waals surface area contributed by atoms with Gasteiger partial charge in [-0.05, 0) is 27.7 Å². The largest absolute Gasteiger partial charge is 0.377 e. The summed E-state index contributed by atoms with van der Waals surface area (Å²) in [6, 6.07) is 0. The van der Waals surface area contributed by atoms with Crippen molar-refractivity contribution in [2.24, 2.45) is 0 Å². The molecule has 6 nitrogen and oxygen atoms in total. The zero-order valence-corrected chi connectivity index (χ0v) is 14.6. The SMILES string of the molecule is CC(C)OCCN(CCOC(C)C)C(=O)CN1CCNCC1. The van der Waals surface area contributed by atoms with Gasteiger partial charge in [0.05, 0.1) is 32.0 Å². The van der Waals surface area contributed by atoms with Crippen LogP contribution < -0.4 is 5.32 Å². The fraction of sp³-hybridized carbons (Fsp3) is 0.938. The van der Waals surface area contributed by atoms with Gasteiger partial charge < -0.3 is 19.7 Å². The summed E-state index contributed by atoms with van der Waals surface area (Å²) in [7, 11) is 0. The Morgan fingerprint density at radius 2 is 1.55 bits per heavy atom. The Morgan fingerprint density at radius 1 is 1.05 bits per heavy atom. The summed E-state index contributed by atoms with van der Waals surface area (Å²) < 4.78 is 11.2. The van der Waals surface area contributed by atoms with Crippen LogP contribution in [-0.4, -0.2) is 86.9 Å². The molecule has 130 valence electrons. The molecule has 22 heavy (non-hydrogen) atoms. The van der Waals surface area contributed by atoms with E-state index in [1.165, 1.54) is 0 Å². The molecule has 0 unspecified atom stereocenters. The Bertz CT molecular complexity index is 291. The highest BCUT2D eigenvalue weighted by atomic mass is 16.5. The molecule has 0 radical (unpaired) electrons.